The predicted octanol–water partition coefficient (Wildman–Crippen LogP) is 8.63. The molecule has 6 heteroatoms. The van der Waals surface area contributed by atoms with Crippen LogP contribution in [-0.4, -0.2) is 12.6 Å². The van der Waals surface area contributed by atoms with E-state index in [9.17, 15) is 13.6 Å². The third-order valence-electron chi connectivity index (χ3n) is 8.58. The van der Waals surface area contributed by atoms with Crippen LogP contribution < -0.4 is 9.47 Å². The number of esters is 1. The van der Waals surface area contributed by atoms with Crippen LogP contribution in [-0.2, 0) is 0 Å². The van der Waals surface area contributed by atoms with Crippen molar-refractivity contribution in [2.24, 2.45) is 23.7 Å². The van der Waals surface area contributed by atoms with Crippen LogP contribution in [0.15, 0.2) is 36.4 Å². The highest BCUT2D eigenvalue weighted by molar-refractivity contribution is 5.91. The molecule has 204 valence electrons. The van der Waals surface area contributed by atoms with E-state index in [-0.39, 0.29) is 16.9 Å². The number of ether oxygens (including phenoxy) is 2. The van der Waals surface area contributed by atoms with E-state index in [1.165, 1.54) is 88.5 Å². The first-order chi connectivity index (χ1) is 18.5. The molecule has 0 atom stereocenters. The summed E-state index contributed by atoms with van der Waals surface area (Å²) in [5, 5.41) is 8.80. The number of halogens is 2. The van der Waals surface area contributed by atoms with Gasteiger partial charge < -0.3 is 9.47 Å². The standard InChI is InChI=1S/C32H39F2NO3/c1-2-3-4-5-22-6-10-24(11-7-22)25-12-8-23(9-13-25)21-37-27-16-17-29(31(34)18-27)32(36)38-28-15-14-26(20-35)30(33)19-28/h14-19,22-25H,2-13,21H2,1H3. The van der Waals surface area contributed by atoms with Crippen LogP contribution in [0.3, 0.4) is 0 Å². The Hall–Kier alpha value is -2.94. The fourth-order valence-electron chi connectivity index (χ4n) is 6.23. The topological polar surface area (TPSA) is 59.3 Å². The molecular formula is C32H39F2NO3. The molecule has 0 radical (unpaired) electrons. The molecular weight excluding hydrogens is 484 g/mol. The van der Waals surface area contributed by atoms with E-state index in [0.717, 1.165) is 36.7 Å². The maximum atomic E-state index is 14.6. The minimum atomic E-state index is -0.938. The van der Waals surface area contributed by atoms with Crippen molar-refractivity contribution in [1.29, 1.82) is 5.26 Å². The first-order valence-electron chi connectivity index (χ1n) is 14.3. The van der Waals surface area contributed by atoms with E-state index in [2.05, 4.69) is 6.92 Å². The maximum absolute atomic E-state index is 14.6. The van der Waals surface area contributed by atoms with Crippen molar-refractivity contribution < 1.29 is 23.0 Å². The Morgan fingerprint density at radius 3 is 2.11 bits per heavy atom. The Bertz CT molecular complexity index is 1110. The fraction of sp³-hybridized carbons (Fsp3) is 0.562. The highest BCUT2D eigenvalue weighted by Gasteiger charge is 2.31. The van der Waals surface area contributed by atoms with Gasteiger partial charge in [-0.1, -0.05) is 45.4 Å². The van der Waals surface area contributed by atoms with Crippen molar-refractivity contribution in [2.45, 2.75) is 84.0 Å². The summed E-state index contributed by atoms with van der Waals surface area (Å²) < 4.78 is 39.4. The normalized spacial score (nSPS) is 23.4. The Balaban J connectivity index is 1.19. The van der Waals surface area contributed by atoms with Gasteiger partial charge in [-0.05, 0) is 86.5 Å². The van der Waals surface area contributed by atoms with Crippen LogP contribution in [0.4, 0.5) is 8.78 Å². The molecule has 2 saturated carbocycles. The quantitative estimate of drug-likeness (QED) is 0.178. The maximum Gasteiger partial charge on any atom is 0.346 e. The van der Waals surface area contributed by atoms with E-state index in [1.54, 1.807) is 12.1 Å². The lowest BCUT2D eigenvalue weighted by molar-refractivity contribution is 0.0729. The number of nitriles is 1. The van der Waals surface area contributed by atoms with E-state index in [1.807, 2.05) is 0 Å². The largest absolute Gasteiger partial charge is 0.493 e. The van der Waals surface area contributed by atoms with Crippen LogP contribution in [0.2, 0.25) is 0 Å². The number of carbonyl (C=O) groups excluding carboxylic acids is 1. The van der Waals surface area contributed by atoms with Crippen LogP contribution in [0.25, 0.3) is 0 Å². The molecule has 0 aromatic heterocycles. The second kappa shape index (κ2) is 13.7. The van der Waals surface area contributed by atoms with Gasteiger partial charge >= 0.3 is 5.97 Å². The van der Waals surface area contributed by atoms with Crippen LogP contribution in [0.5, 0.6) is 11.5 Å². The molecule has 0 heterocycles. The van der Waals surface area contributed by atoms with Gasteiger partial charge in [0.05, 0.1) is 17.7 Å². The Morgan fingerprint density at radius 2 is 1.50 bits per heavy atom. The van der Waals surface area contributed by atoms with Crippen molar-refractivity contribution in [3.63, 3.8) is 0 Å². The summed E-state index contributed by atoms with van der Waals surface area (Å²) in [4.78, 5) is 12.4. The molecule has 2 aliphatic carbocycles. The average Bonchev–Trinajstić information content (AvgIpc) is 2.93. The second-order valence-electron chi connectivity index (χ2n) is 11.2. The predicted molar refractivity (Wildman–Crippen MR) is 143 cm³/mol. The third kappa shape index (κ3) is 7.56. The molecule has 2 fully saturated rings. The smallest absolute Gasteiger partial charge is 0.346 e. The van der Waals surface area contributed by atoms with Gasteiger partial charge in [-0.2, -0.15) is 5.26 Å². The second-order valence-corrected chi connectivity index (χ2v) is 11.2. The van der Waals surface area contributed by atoms with Crippen molar-refractivity contribution in [3.05, 3.63) is 59.2 Å². The van der Waals surface area contributed by atoms with Crippen molar-refractivity contribution in [1.82, 2.24) is 0 Å². The molecule has 4 rings (SSSR count). The Morgan fingerprint density at radius 1 is 0.868 bits per heavy atom. The van der Waals surface area contributed by atoms with E-state index in [4.69, 9.17) is 14.7 Å². The van der Waals surface area contributed by atoms with Crippen LogP contribution >= 0.6 is 0 Å². The molecule has 2 aliphatic rings. The van der Waals surface area contributed by atoms with Crippen molar-refractivity contribution in [2.75, 3.05) is 6.61 Å². The summed E-state index contributed by atoms with van der Waals surface area (Å²) in [6.07, 6.45) is 15.9. The molecule has 4 nitrogen and oxygen atoms in total. The van der Waals surface area contributed by atoms with E-state index in [0.29, 0.717) is 18.3 Å². The number of nitrogens with zero attached hydrogens (tertiary/aromatic N) is 1. The molecule has 0 saturated heterocycles. The van der Waals surface area contributed by atoms with Gasteiger partial charge in [-0.25, -0.2) is 13.6 Å². The third-order valence-corrected chi connectivity index (χ3v) is 8.58. The van der Waals surface area contributed by atoms with E-state index >= 15 is 0 Å². The summed E-state index contributed by atoms with van der Waals surface area (Å²) in [6.45, 7) is 2.82. The number of rotatable bonds is 10. The molecule has 2 aromatic carbocycles. The zero-order chi connectivity index (χ0) is 26.9. The summed E-state index contributed by atoms with van der Waals surface area (Å²) in [5.41, 5.74) is -0.422. The van der Waals surface area contributed by atoms with Gasteiger partial charge in [0.1, 0.15) is 29.2 Å². The van der Waals surface area contributed by atoms with Gasteiger partial charge in [0.15, 0.2) is 0 Å². The molecule has 0 N–H and O–H groups in total. The summed E-state index contributed by atoms with van der Waals surface area (Å²) >= 11 is 0. The lowest BCUT2D eigenvalue weighted by Crippen LogP contribution is -2.27. The minimum absolute atomic E-state index is 0.0955. The Labute approximate surface area is 225 Å². The number of benzene rings is 2. The number of hydrogen-bond donors (Lipinski definition) is 0. The van der Waals surface area contributed by atoms with Crippen LogP contribution in [0, 0.1) is 46.6 Å². The lowest BCUT2D eigenvalue weighted by atomic mass is 9.69. The zero-order valence-corrected chi connectivity index (χ0v) is 22.4. The summed E-state index contributed by atoms with van der Waals surface area (Å²) in [5.74, 6) is 0.944. The molecule has 0 spiro atoms. The van der Waals surface area contributed by atoms with Crippen molar-refractivity contribution >= 4 is 5.97 Å². The summed E-state index contributed by atoms with van der Waals surface area (Å²) in [6, 6.07) is 9.20. The highest BCUT2D eigenvalue weighted by Crippen LogP contribution is 2.42. The number of hydrogen-bond acceptors (Lipinski definition) is 4. The Kier molecular flexibility index (Phi) is 10.1. The van der Waals surface area contributed by atoms with Gasteiger partial charge in [0.2, 0.25) is 0 Å². The van der Waals surface area contributed by atoms with Crippen molar-refractivity contribution in [3.8, 4) is 17.6 Å². The fourth-order valence-corrected chi connectivity index (χ4v) is 6.23. The SMILES string of the molecule is CCCCCC1CCC(C2CCC(COc3ccc(C(=O)Oc4ccc(C#N)c(F)c4)c(F)c3)CC2)CC1. The first kappa shape index (κ1) is 28.1. The van der Waals surface area contributed by atoms with E-state index < -0.39 is 17.6 Å². The number of unbranched alkanes of at least 4 members (excludes halogenated alkanes) is 2. The molecule has 2 aromatic rings. The average molecular weight is 524 g/mol. The zero-order valence-electron chi connectivity index (χ0n) is 22.4. The molecule has 38 heavy (non-hydrogen) atoms. The minimum Gasteiger partial charge on any atom is -0.493 e. The summed E-state index contributed by atoms with van der Waals surface area (Å²) in [7, 11) is 0. The van der Waals surface area contributed by atoms with Gasteiger partial charge in [0.25, 0.3) is 0 Å². The van der Waals surface area contributed by atoms with Crippen LogP contribution in [0.1, 0.15) is 99.9 Å². The van der Waals surface area contributed by atoms with Gasteiger partial charge in [0, 0.05) is 12.1 Å². The van der Waals surface area contributed by atoms with Gasteiger partial charge in [-0.15, -0.1) is 0 Å². The lowest BCUT2D eigenvalue weighted by Gasteiger charge is -2.38. The highest BCUT2D eigenvalue weighted by atomic mass is 19.1. The molecule has 0 aliphatic heterocycles. The molecule has 0 bridgehead atoms. The molecule has 0 amide bonds. The van der Waals surface area contributed by atoms with Gasteiger partial charge in [-0.3, -0.25) is 0 Å². The molecule has 0 unspecified atom stereocenters. The monoisotopic (exact) mass is 523 g/mol. The first-order valence-corrected chi connectivity index (χ1v) is 14.3. The number of carbonyl (C=O) groups is 1.